The minimum atomic E-state index is -1.33. The molecule has 0 N–H and O–H groups in total. The fourth-order valence-electron chi connectivity index (χ4n) is 1.56. The molecule has 0 bridgehead atoms. The highest BCUT2D eigenvalue weighted by Crippen LogP contribution is 2.33. The topological polar surface area (TPSA) is 74.2 Å². The van der Waals surface area contributed by atoms with Crippen LogP contribution in [0.5, 0.6) is 0 Å². The van der Waals surface area contributed by atoms with Crippen molar-refractivity contribution < 1.29 is 23.9 Å². The molecule has 1 unspecified atom stereocenters. The zero-order valence-electron chi connectivity index (χ0n) is 11.2. The first-order valence-corrected chi connectivity index (χ1v) is 5.84. The van der Waals surface area contributed by atoms with Crippen LogP contribution in [0.15, 0.2) is 5.16 Å². The summed E-state index contributed by atoms with van der Waals surface area (Å²) in [7, 11) is 0. The predicted octanol–water partition coefficient (Wildman–Crippen LogP) is 1.28. The van der Waals surface area contributed by atoms with E-state index in [1.165, 1.54) is 0 Å². The maximum absolute atomic E-state index is 11.9. The van der Waals surface area contributed by atoms with E-state index in [1.54, 1.807) is 6.92 Å². The monoisotopic (exact) mass is 257 g/mol. The molecule has 0 spiro atoms. The second-order valence-corrected chi connectivity index (χ2v) is 5.18. The number of carbonyl (C=O) groups is 2. The molecule has 0 amide bonds. The predicted molar refractivity (Wildman–Crippen MR) is 64.0 cm³/mol. The molecule has 0 aromatic heterocycles. The normalized spacial score (nSPS) is 23.0. The van der Waals surface area contributed by atoms with Gasteiger partial charge in [-0.05, 0) is 6.92 Å². The average molecular weight is 257 g/mol. The second kappa shape index (κ2) is 5.37. The molecule has 18 heavy (non-hydrogen) atoms. The van der Waals surface area contributed by atoms with Crippen molar-refractivity contribution in [2.24, 2.45) is 10.6 Å². The molecular formula is C12H19NO5. The van der Waals surface area contributed by atoms with Gasteiger partial charge in [0.05, 0.1) is 12.3 Å². The summed E-state index contributed by atoms with van der Waals surface area (Å²) in [6.07, 6.45) is 0.267. The lowest BCUT2D eigenvalue weighted by Gasteiger charge is -2.24. The molecule has 1 aliphatic rings. The van der Waals surface area contributed by atoms with E-state index in [9.17, 15) is 9.59 Å². The molecule has 0 radical (unpaired) electrons. The van der Waals surface area contributed by atoms with E-state index < -0.39 is 11.6 Å². The first-order chi connectivity index (χ1) is 8.35. The minimum Gasteiger partial charge on any atom is -0.463 e. The Labute approximate surface area is 106 Å². The summed E-state index contributed by atoms with van der Waals surface area (Å²) in [6, 6.07) is 0. The average Bonchev–Trinajstić information content (AvgIpc) is 2.72. The van der Waals surface area contributed by atoms with Gasteiger partial charge in [0.15, 0.2) is 0 Å². The summed E-state index contributed by atoms with van der Waals surface area (Å²) in [4.78, 5) is 27.5. The number of esters is 1. The third kappa shape index (κ3) is 3.00. The SMILES string of the molecule is CCOC(=O)C1(COC=O)CC(C(C)(C)C)=NO1. The molecular weight excluding hydrogens is 238 g/mol. The summed E-state index contributed by atoms with van der Waals surface area (Å²) in [6.45, 7) is 7.92. The molecule has 0 saturated heterocycles. The van der Waals surface area contributed by atoms with Crippen molar-refractivity contribution in [1.82, 2.24) is 0 Å². The number of rotatable bonds is 5. The van der Waals surface area contributed by atoms with Gasteiger partial charge in [0.1, 0.15) is 6.61 Å². The smallest absolute Gasteiger partial charge is 0.357 e. The molecule has 6 nitrogen and oxygen atoms in total. The van der Waals surface area contributed by atoms with Gasteiger partial charge in [-0.2, -0.15) is 0 Å². The summed E-state index contributed by atoms with van der Waals surface area (Å²) in [5.74, 6) is -0.560. The van der Waals surface area contributed by atoms with Crippen LogP contribution in [0, 0.1) is 5.41 Å². The second-order valence-electron chi connectivity index (χ2n) is 5.18. The third-order valence-corrected chi connectivity index (χ3v) is 2.68. The first-order valence-electron chi connectivity index (χ1n) is 5.84. The highest BCUT2D eigenvalue weighted by molar-refractivity contribution is 5.96. The van der Waals surface area contributed by atoms with Gasteiger partial charge in [-0.15, -0.1) is 0 Å². The van der Waals surface area contributed by atoms with Crippen LogP contribution in [0.4, 0.5) is 0 Å². The van der Waals surface area contributed by atoms with Crippen LogP contribution in [-0.2, 0) is 23.9 Å². The van der Waals surface area contributed by atoms with Crippen LogP contribution in [0.2, 0.25) is 0 Å². The van der Waals surface area contributed by atoms with Crippen LogP contribution in [0.3, 0.4) is 0 Å². The summed E-state index contributed by atoms with van der Waals surface area (Å²) >= 11 is 0. The van der Waals surface area contributed by atoms with Crippen molar-refractivity contribution >= 4 is 18.2 Å². The van der Waals surface area contributed by atoms with Crippen molar-refractivity contribution in [2.75, 3.05) is 13.2 Å². The Bertz CT molecular complexity index is 358. The van der Waals surface area contributed by atoms with E-state index in [0.29, 0.717) is 0 Å². The van der Waals surface area contributed by atoms with Gasteiger partial charge in [0.2, 0.25) is 0 Å². The van der Waals surface area contributed by atoms with Gasteiger partial charge in [0, 0.05) is 11.8 Å². The van der Waals surface area contributed by atoms with Gasteiger partial charge >= 0.3 is 5.97 Å². The Balaban J connectivity index is 2.84. The first kappa shape index (κ1) is 14.5. The number of hydrogen-bond donors (Lipinski definition) is 0. The van der Waals surface area contributed by atoms with Crippen molar-refractivity contribution in [3.05, 3.63) is 0 Å². The lowest BCUT2D eigenvalue weighted by molar-refractivity contribution is -0.176. The molecule has 1 atom stereocenters. The Hall–Kier alpha value is -1.59. The Morgan fingerprint density at radius 2 is 2.22 bits per heavy atom. The number of carbonyl (C=O) groups excluding carboxylic acids is 2. The van der Waals surface area contributed by atoms with Crippen LogP contribution < -0.4 is 0 Å². The maximum atomic E-state index is 11.9. The Morgan fingerprint density at radius 3 is 2.67 bits per heavy atom. The van der Waals surface area contributed by atoms with Gasteiger partial charge in [-0.3, -0.25) is 4.79 Å². The van der Waals surface area contributed by atoms with Crippen molar-refractivity contribution in [2.45, 2.75) is 39.7 Å². The van der Waals surface area contributed by atoms with Gasteiger partial charge in [-0.1, -0.05) is 25.9 Å². The zero-order chi connectivity index (χ0) is 13.8. The minimum absolute atomic E-state index is 0.196. The maximum Gasteiger partial charge on any atom is 0.357 e. The van der Waals surface area contributed by atoms with E-state index in [1.807, 2.05) is 20.8 Å². The lowest BCUT2D eigenvalue weighted by Crippen LogP contribution is -2.45. The molecule has 0 aromatic rings. The summed E-state index contributed by atoms with van der Waals surface area (Å²) in [5, 5.41) is 3.94. The van der Waals surface area contributed by atoms with E-state index in [-0.39, 0.29) is 31.5 Å². The highest BCUT2D eigenvalue weighted by atomic mass is 16.7. The van der Waals surface area contributed by atoms with Gasteiger partial charge < -0.3 is 14.3 Å². The molecule has 1 aliphatic heterocycles. The lowest BCUT2D eigenvalue weighted by atomic mass is 9.83. The molecule has 102 valence electrons. The van der Waals surface area contributed by atoms with Crippen LogP contribution in [0.1, 0.15) is 34.1 Å². The molecule has 0 aliphatic carbocycles. The van der Waals surface area contributed by atoms with Gasteiger partial charge in [-0.25, -0.2) is 4.79 Å². The van der Waals surface area contributed by atoms with E-state index >= 15 is 0 Å². The molecule has 0 saturated carbocycles. The van der Waals surface area contributed by atoms with Crippen LogP contribution >= 0.6 is 0 Å². The Kier molecular flexibility index (Phi) is 4.32. The quantitative estimate of drug-likeness (QED) is 0.548. The standard InChI is InChI=1S/C12H19NO5/c1-5-17-10(15)12(7-16-8-14)6-9(13-18-12)11(2,3)4/h8H,5-7H2,1-4H3. The van der Waals surface area contributed by atoms with E-state index in [2.05, 4.69) is 9.89 Å². The fraction of sp³-hybridized carbons (Fsp3) is 0.750. The largest absolute Gasteiger partial charge is 0.463 e. The highest BCUT2D eigenvalue weighted by Gasteiger charge is 2.51. The van der Waals surface area contributed by atoms with Crippen molar-refractivity contribution in [1.29, 1.82) is 0 Å². The third-order valence-electron chi connectivity index (χ3n) is 2.68. The Morgan fingerprint density at radius 1 is 1.56 bits per heavy atom. The van der Waals surface area contributed by atoms with E-state index in [0.717, 1.165) is 5.71 Å². The van der Waals surface area contributed by atoms with Crippen molar-refractivity contribution in [3.8, 4) is 0 Å². The number of nitrogens with zero attached hydrogens (tertiary/aromatic N) is 1. The van der Waals surface area contributed by atoms with E-state index in [4.69, 9.17) is 9.57 Å². The van der Waals surface area contributed by atoms with Crippen LogP contribution in [-0.4, -0.2) is 37.0 Å². The molecule has 0 fully saturated rings. The number of ether oxygens (including phenoxy) is 2. The molecule has 1 heterocycles. The zero-order valence-corrected chi connectivity index (χ0v) is 11.2. The summed E-state index contributed by atoms with van der Waals surface area (Å²) in [5.41, 5.74) is -0.806. The molecule has 6 heteroatoms. The van der Waals surface area contributed by atoms with Gasteiger partial charge in [0.25, 0.3) is 12.1 Å². The van der Waals surface area contributed by atoms with Crippen LogP contribution in [0.25, 0.3) is 0 Å². The van der Waals surface area contributed by atoms with Crippen molar-refractivity contribution in [3.63, 3.8) is 0 Å². The summed E-state index contributed by atoms with van der Waals surface area (Å²) < 4.78 is 9.62. The number of oxime groups is 1. The molecule has 0 aromatic carbocycles. The molecule has 1 rings (SSSR count). The number of hydrogen-bond acceptors (Lipinski definition) is 6. The fourth-order valence-corrected chi connectivity index (χ4v) is 1.56.